The van der Waals surface area contributed by atoms with E-state index in [0.717, 1.165) is 0 Å². The smallest absolute Gasteiger partial charge is 0.115 e. The minimum absolute atomic E-state index is 0.101. The summed E-state index contributed by atoms with van der Waals surface area (Å²) in [5.74, 6) is 0. The number of hydrogen-bond donors (Lipinski definition) is 1. The van der Waals surface area contributed by atoms with Crippen LogP contribution < -0.4 is 0 Å². The summed E-state index contributed by atoms with van der Waals surface area (Å²) in [6.45, 7) is 1.11. The topological polar surface area (TPSA) is 42.0 Å². The summed E-state index contributed by atoms with van der Waals surface area (Å²) < 4.78 is 9.98. The van der Waals surface area contributed by atoms with Gasteiger partial charge < -0.3 is 14.6 Å². The van der Waals surface area contributed by atoms with E-state index in [1.165, 1.54) is 0 Å². The molecule has 0 aliphatic carbocycles. The Morgan fingerprint density at radius 1 is 1.38 bits per heavy atom. The van der Waals surface area contributed by atoms with Crippen molar-refractivity contribution in [1.82, 2.24) is 0 Å². The summed E-state index contributed by atoms with van der Waals surface area (Å²) in [5.41, 5.74) is 0. The van der Waals surface area contributed by atoms with Crippen molar-refractivity contribution in [2.24, 2.45) is 0 Å². The van der Waals surface area contributed by atoms with Crippen LogP contribution in [0.15, 0.2) is 0 Å². The summed E-state index contributed by atoms with van der Waals surface area (Å²) in [4.78, 5) is 0. The van der Waals surface area contributed by atoms with Crippen molar-refractivity contribution in [3.05, 3.63) is 0 Å². The molecule has 2 aliphatic rings. The highest BCUT2D eigenvalue weighted by atomic mass is 16.6. The Kier molecular flexibility index (Phi) is 0.848. The van der Waals surface area contributed by atoms with E-state index < -0.39 is 0 Å². The first-order chi connectivity index (χ1) is 3.88. The maximum Gasteiger partial charge on any atom is 0.115 e. The van der Waals surface area contributed by atoms with Crippen LogP contribution >= 0.6 is 0 Å². The SMILES string of the molecule is O[C@@H]1COC[C@@H]2O[C@H]12. The molecule has 0 spiro atoms. The molecule has 0 unspecified atom stereocenters. The first-order valence-corrected chi connectivity index (χ1v) is 2.79. The highest BCUT2D eigenvalue weighted by Gasteiger charge is 2.47. The molecule has 0 amide bonds. The third-order valence-electron chi connectivity index (χ3n) is 1.57. The number of fused-ring (bicyclic) bond motifs is 1. The summed E-state index contributed by atoms with van der Waals surface area (Å²) in [6, 6.07) is 0. The number of aliphatic hydroxyl groups excluding tert-OH is 1. The van der Waals surface area contributed by atoms with Crippen molar-refractivity contribution in [2.45, 2.75) is 18.3 Å². The molecule has 1 N–H and O–H groups in total. The fraction of sp³-hybridized carbons (Fsp3) is 1.00. The van der Waals surface area contributed by atoms with Gasteiger partial charge in [0, 0.05) is 0 Å². The largest absolute Gasteiger partial charge is 0.388 e. The number of ether oxygens (including phenoxy) is 2. The average Bonchev–Trinajstić information content (AvgIpc) is 2.45. The van der Waals surface area contributed by atoms with Gasteiger partial charge in [-0.1, -0.05) is 0 Å². The first kappa shape index (κ1) is 4.73. The highest BCUT2D eigenvalue weighted by Crippen LogP contribution is 2.29. The van der Waals surface area contributed by atoms with Crippen LogP contribution in [-0.2, 0) is 9.47 Å². The molecule has 46 valence electrons. The van der Waals surface area contributed by atoms with Crippen LogP contribution in [-0.4, -0.2) is 36.6 Å². The van der Waals surface area contributed by atoms with Crippen LogP contribution in [0.5, 0.6) is 0 Å². The van der Waals surface area contributed by atoms with Crippen LogP contribution in [0.2, 0.25) is 0 Å². The lowest BCUT2D eigenvalue weighted by Crippen LogP contribution is -2.30. The second-order valence-electron chi connectivity index (χ2n) is 2.24. The van der Waals surface area contributed by atoms with Gasteiger partial charge in [-0.2, -0.15) is 0 Å². The fourth-order valence-corrected chi connectivity index (χ4v) is 1.03. The van der Waals surface area contributed by atoms with Gasteiger partial charge in [-0.3, -0.25) is 0 Å². The van der Waals surface area contributed by atoms with Gasteiger partial charge in [0.2, 0.25) is 0 Å². The van der Waals surface area contributed by atoms with Crippen LogP contribution in [0.3, 0.4) is 0 Å². The molecule has 0 aromatic rings. The lowest BCUT2D eigenvalue weighted by Gasteiger charge is -2.11. The van der Waals surface area contributed by atoms with Gasteiger partial charge in [0.15, 0.2) is 0 Å². The Morgan fingerprint density at radius 2 is 2.25 bits per heavy atom. The number of hydrogen-bond acceptors (Lipinski definition) is 3. The fourth-order valence-electron chi connectivity index (χ4n) is 1.03. The van der Waals surface area contributed by atoms with Gasteiger partial charge in [-0.25, -0.2) is 0 Å². The molecule has 8 heavy (non-hydrogen) atoms. The Morgan fingerprint density at radius 3 is 2.88 bits per heavy atom. The Labute approximate surface area is 47.2 Å². The van der Waals surface area contributed by atoms with Gasteiger partial charge in [-0.15, -0.1) is 0 Å². The van der Waals surface area contributed by atoms with Crippen molar-refractivity contribution in [3.63, 3.8) is 0 Å². The molecule has 0 bridgehead atoms. The minimum Gasteiger partial charge on any atom is -0.388 e. The van der Waals surface area contributed by atoms with Crippen LogP contribution in [0.25, 0.3) is 0 Å². The third-order valence-corrected chi connectivity index (χ3v) is 1.57. The average molecular weight is 116 g/mol. The molecule has 0 radical (unpaired) electrons. The van der Waals surface area contributed by atoms with Gasteiger partial charge in [-0.05, 0) is 0 Å². The van der Waals surface area contributed by atoms with Gasteiger partial charge in [0.1, 0.15) is 18.3 Å². The van der Waals surface area contributed by atoms with E-state index in [1.807, 2.05) is 0 Å². The predicted molar refractivity (Wildman–Crippen MR) is 25.5 cm³/mol. The maximum atomic E-state index is 8.97. The van der Waals surface area contributed by atoms with E-state index in [1.54, 1.807) is 0 Å². The lowest BCUT2D eigenvalue weighted by atomic mass is 10.2. The van der Waals surface area contributed by atoms with E-state index in [0.29, 0.717) is 13.2 Å². The van der Waals surface area contributed by atoms with Crippen molar-refractivity contribution in [2.75, 3.05) is 13.2 Å². The summed E-state index contributed by atoms with van der Waals surface area (Å²) >= 11 is 0. The Bertz CT molecular complexity index is 104. The van der Waals surface area contributed by atoms with E-state index in [2.05, 4.69) is 0 Å². The van der Waals surface area contributed by atoms with Crippen molar-refractivity contribution in [1.29, 1.82) is 0 Å². The highest BCUT2D eigenvalue weighted by molar-refractivity contribution is 4.93. The van der Waals surface area contributed by atoms with E-state index in [-0.39, 0.29) is 18.3 Å². The Balaban J connectivity index is 1.99. The molecule has 3 nitrogen and oxygen atoms in total. The molecule has 2 saturated heterocycles. The maximum absolute atomic E-state index is 8.97. The standard InChI is InChI=1S/C5H8O3/c6-3-1-7-2-4-5(3)8-4/h3-6H,1-2H2/t3-,4+,5-/m1/s1. The van der Waals surface area contributed by atoms with Gasteiger partial charge in [0.05, 0.1) is 13.2 Å². The van der Waals surface area contributed by atoms with Gasteiger partial charge >= 0.3 is 0 Å². The van der Waals surface area contributed by atoms with E-state index >= 15 is 0 Å². The van der Waals surface area contributed by atoms with E-state index in [4.69, 9.17) is 14.6 Å². The molecular formula is C5H8O3. The number of aliphatic hydroxyl groups is 1. The monoisotopic (exact) mass is 116 g/mol. The zero-order chi connectivity index (χ0) is 5.56. The zero-order valence-corrected chi connectivity index (χ0v) is 4.41. The number of rotatable bonds is 0. The molecule has 0 aromatic heterocycles. The molecule has 0 saturated carbocycles. The molecule has 2 rings (SSSR count). The second-order valence-corrected chi connectivity index (χ2v) is 2.24. The summed E-state index contributed by atoms with van der Waals surface area (Å²) in [7, 11) is 0. The molecule has 2 aliphatic heterocycles. The predicted octanol–water partition coefficient (Wildman–Crippen LogP) is -0.855. The van der Waals surface area contributed by atoms with E-state index in [9.17, 15) is 0 Å². The molecule has 0 aromatic carbocycles. The van der Waals surface area contributed by atoms with Crippen molar-refractivity contribution < 1.29 is 14.6 Å². The normalized spacial score (nSPS) is 52.9. The molecule has 2 fully saturated rings. The third kappa shape index (κ3) is 0.555. The summed E-state index contributed by atoms with van der Waals surface area (Å²) in [5, 5.41) is 8.97. The quantitative estimate of drug-likeness (QED) is 0.419. The molecule has 3 atom stereocenters. The van der Waals surface area contributed by atoms with Crippen molar-refractivity contribution >= 4 is 0 Å². The first-order valence-electron chi connectivity index (χ1n) is 2.79. The van der Waals surface area contributed by atoms with Crippen LogP contribution in [0.1, 0.15) is 0 Å². The van der Waals surface area contributed by atoms with Crippen LogP contribution in [0, 0.1) is 0 Å². The Hall–Kier alpha value is -0.120. The molecular weight excluding hydrogens is 108 g/mol. The molecule has 2 heterocycles. The molecule has 3 heteroatoms. The van der Waals surface area contributed by atoms with Crippen molar-refractivity contribution in [3.8, 4) is 0 Å². The minimum atomic E-state index is -0.367. The number of epoxide rings is 1. The second kappa shape index (κ2) is 1.43. The lowest BCUT2D eigenvalue weighted by molar-refractivity contribution is 0.0127. The van der Waals surface area contributed by atoms with Crippen LogP contribution in [0.4, 0.5) is 0 Å². The summed E-state index contributed by atoms with van der Waals surface area (Å²) in [6.07, 6.45) is -0.0590. The van der Waals surface area contributed by atoms with Gasteiger partial charge in [0.25, 0.3) is 0 Å². The zero-order valence-electron chi connectivity index (χ0n) is 4.41.